The van der Waals surface area contributed by atoms with E-state index in [0.29, 0.717) is 17.5 Å². The lowest BCUT2D eigenvalue weighted by Gasteiger charge is -2.14. The number of thiophene rings is 2. The fourth-order valence-corrected chi connectivity index (χ4v) is 10.7. The molecule has 12 aromatic rings. The molecule has 6 heteroatoms. The van der Waals surface area contributed by atoms with Crippen LogP contribution in [0.25, 0.3) is 118 Å². The maximum absolute atomic E-state index is 6.54. The standard InChI is InChI=1S/C49H27N3OS2/c1-2-12-29-27-30(24-23-28(29)11-1)47-50-48(38-19-10-17-35-32-14-5-8-22-42(32)55-46(35)38)52-49(51-47)44-33(25-26-40-43(44)37-15-3-6-20-39(37)53-40)36-18-9-16-34-31-13-4-7-21-41(31)54-45(34)36/h1-27H. The molecule has 0 radical (unpaired) electrons. The van der Waals surface area contributed by atoms with Gasteiger partial charge >= 0.3 is 0 Å². The highest BCUT2D eigenvalue weighted by molar-refractivity contribution is 7.26. The molecule has 0 bridgehead atoms. The number of aromatic nitrogens is 3. The first-order chi connectivity index (χ1) is 27.2. The van der Waals surface area contributed by atoms with Gasteiger partial charge in [0.25, 0.3) is 0 Å². The molecule has 0 atom stereocenters. The Labute approximate surface area is 322 Å². The molecule has 256 valence electrons. The minimum absolute atomic E-state index is 0.608. The molecule has 0 saturated heterocycles. The van der Waals surface area contributed by atoms with Gasteiger partial charge in [0.05, 0.1) is 0 Å². The Morgan fingerprint density at radius 1 is 0.382 bits per heavy atom. The molecule has 55 heavy (non-hydrogen) atoms. The fourth-order valence-electron chi connectivity index (χ4n) is 8.22. The van der Waals surface area contributed by atoms with Gasteiger partial charge in [-0.25, -0.2) is 15.0 Å². The van der Waals surface area contributed by atoms with E-state index in [4.69, 9.17) is 19.4 Å². The van der Waals surface area contributed by atoms with Gasteiger partial charge in [-0.2, -0.15) is 0 Å². The van der Waals surface area contributed by atoms with Gasteiger partial charge in [0.1, 0.15) is 11.2 Å². The van der Waals surface area contributed by atoms with Gasteiger partial charge in [0, 0.05) is 73.4 Å². The maximum atomic E-state index is 6.54. The van der Waals surface area contributed by atoms with Crippen LogP contribution in [-0.4, -0.2) is 15.0 Å². The Hall–Kier alpha value is -6.73. The van der Waals surface area contributed by atoms with E-state index in [1.807, 2.05) is 23.5 Å². The van der Waals surface area contributed by atoms with Crippen LogP contribution in [0.5, 0.6) is 0 Å². The zero-order chi connectivity index (χ0) is 36.0. The smallest absolute Gasteiger partial charge is 0.165 e. The number of rotatable bonds is 4. The number of para-hydroxylation sites is 1. The first-order valence-corrected chi connectivity index (χ1v) is 19.9. The topological polar surface area (TPSA) is 51.8 Å². The summed E-state index contributed by atoms with van der Waals surface area (Å²) in [5.74, 6) is 1.87. The lowest BCUT2D eigenvalue weighted by atomic mass is 9.93. The molecular formula is C49H27N3OS2. The van der Waals surface area contributed by atoms with Crippen LogP contribution in [0, 0.1) is 0 Å². The van der Waals surface area contributed by atoms with E-state index in [0.717, 1.165) is 59.8 Å². The normalized spacial score (nSPS) is 12.0. The summed E-state index contributed by atoms with van der Waals surface area (Å²) in [5.41, 5.74) is 6.67. The lowest BCUT2D eigenvalue weighted by Crippen LogP contribution is -2.02. The highest BCUT2D eigenvalue weighted by atomic mass is 32.1. The van der Waals surface area contributed by atoms with Crippen molar-refractivity contribution < 1.29 is 4.42 Å². The fraction of sp³-hybridized carbons (Fsp3) is 0. The predicted molar refractivity (Wildman–Crippen MR) is 232 cm³/mol. The molecule has 4 heterocycles. The molecule has 0 saturated carbocycles. The Morgan fingerprint density at radius 3 is 1.76 bits per heavy atom. The second-order valence-electron chi connectivity index (χ2n) is 13.9. The molecule has 0 aliphatic heterocycles. The summed E-state index contributed by atoms with van der Waals surface area (Å²) in [6.45, 7) is 0. The van der Waals surface area contributed by atoms with Crippen molar-refractivity contribution >= 4 is 95.7 Å². The second kappa shape index (κ2) is 11.9. The van der Waals surface area contributed by atoms with E-state index in [-0.39, 0.29) is 0 Å². The number of benzene rings is 8. The second-order valence-corrected chi connectivity index (χ2v) is 16.0. The monoisotopic (exact) mass is 737 g/mol. The molecule has 8 aromatic carbocycles. The Balaban J connectivity index is 1.21. The number of hydrogen-bond donors (Lipinski definition) is 0. The molecule has 12 rings (SSSR count). The van der Waals surface area contributed by atoms with Crippen LogP contribution in [0.1, 0.15) is 0 Å². The van der Waals surface area contributed by atoms with Crippen LogP contribution in [0.3, 0.4) is 0 Å². The molecule has 0 aliphatic rings. The van der Waals surface area contributed by atoms with E-state index in [9.17, 15) is 0 Å². The van der Waals surface area contributed by atoms with Gasteiger partial charge in [0.2, 0.25) is 0 Å². The first kappa shape index (κ1) is 30.7. The van der Waals surface area contributed by atoms with Crippen LogP contribution in [0.2, 0.25) is 0 Å². The maximum Gasteiger partial charge on any atom is 0.165 e. The molecule has 0 fully saturated rings. The van der Waals surface area contributed by atoms with E-state index in [1.54, 1.807) is 11.3 Å². The Bertz CT molecular complexity index is 3520. The van der Waals surface area contributed by atoms with Gasteiger partial charge in [0.15, 0.2) is 17.5 Å². The Kier molecular flexibility index (Phi) is 6.64. The van der Waals surface area contributed by atoms with Crippen molar-refractivity contribution in [3.63, 3.8) is 0 Å². The van der Waals surface area contributed by atoms with Gasteiger partial charge in [-0.15, -0.1) is 22.7 Å². The summed E-state index contributed by atoms with van der Waals surface area (Å²) in [6.07, 6.45) is 0. The third kappa shape index (κ3) is 4.72. The van der Waals surface area contributed by atoms with Crippen molar-refractivity contribution in [3.8, 4) is 45.3 Å². The first-order valence-electron chi connectivity index (χ1n) is 18.3. The number of fused-ring (bicyclic) bond motifs is 10. The van der Waals surface area contributed by atoms with Gasteiger partial charge in [-0.1, -0.05) is 121 Å². The summed E-state index contributed by atoms with van der Waals surface area (Å²) in [6, 6.07) is 57.8. The van der Waals surface area contributed by atoms with Gasteiger partial charge in [-0.05, 0) is 58.8 Å². The van der Waals surface area contributed by atoms with Crippen molar-refractivity contribution in [2.75, 3.05) is 0 Å². The molecular weight excluding hydrogens is 711 g/mol. The summed E-state index contributed by atoms with van der Waals surface area (Å²) in [4.78, 5) is 16.2. The summed E-state index contributed by atoms with van der Waals surface area (Å²) in [7, 11) is 0. The van der Waals surface area contributed by atoms with Crippen molar-refractivity contribution in [2.45, 2.75) is 0 Å². The van der Waals surface area contributed by atoms with Crippen LogP contribution in [0.4, 0.5) is 0 Å². The van der Waals surface area contributed by atoms with Crippen molar-refractivity contribution in [1.82, 2.24) is 15.0 Å². The summed E-state index contributed by atoms with van der Waals surface area (Å²) >= 11 is 3.61. The van der Waals surface area contributed by atoms with Gasteiger partial charge in [-0.3, -0.25) is 0 Å². The van der Waals surface area contributed by atoms with Gasteiger partial charge < -0.3 is 4.42 Å². The van der Waals surface area contributed by atoms with Crippen LogP contribution >= 0.6 is 22.7 Å². The minimum atomic E-state index is 0.608. The summed E-state index contributed by atoms with van der Waals surface area (Å²) < 4.78 is 11.4. The molecule has 0 aliphatic carbocycles. The molecule has 0 amide bonds. The van der Waals surface area contributed by atoms with E-state index in [2.05, 4.69) is 152 Å². The van der Waals surface area contributed by atoms with E-state index in [1.165, 1.54) is 41.0 Å². The number of furan rings is 1. The van der Waals surface area contributed by atoms with Crippen LogP contribution < -0.4 is 0 Å². The highest BCUT2D eigenvalue weighted by Crippen LogP contribution is 2.47. The van der Waals surface area contributed by atoms with E-state index >= 15 is 0 Å². The van der Waals surface area contributed by atoms with Crippen molar-refractivity contribution in [2.24, 2.45) is 0 Å². The molecule has 4 aromatic heterocycles. The Morgan fingerprint density at radius 2 is 0.982 bits per heavy atom. The lowest BCUT2D eigenvalue weighted by molar-refractivity contribution is 0.669. The third-order valence-electron chi connectivity index (χ3n) is 10.7. The largest absolute Gasteiger partial charge is 0.456 e. The molecule has 0 spiro atoms. The molecule has 0 N–H and O–H groups in total. The summed E-state index contributed by atoms with van der Waals surface area (Å²) in [5, 5.41) is 9.27. The average Bonchev–Trinajstić information content (AvgIpc) is 3.94. The molecule has 4 nitrogen and oxygen atoms in total. The zero-order valence-electron chi connectivity index (χ0n) is 29.2. The minimum Gasteiger partial charge on any atom is -0.456 e. The predicted octanol–water partition coefficient (Wildman–Crippen LogP) is 14.3. The van der Waals surface area contributed by atoms with Crippen molar-refractivity contribution in [3.05, 3.63) is 164 Å². The van der Waals surface area contributed by atoms with Crippen LogP contribution in [0.15, 0.2) is 168 Å². The van der Waals surface area contributed by atoms with Crippen LogP contribution in [-0.2, 0) is 0 Å². The quantitative estimate of drug-likeness (QED) is 0.180. The van der Waals surface area contributed by atoms with E-state index < -0.39 is 0 Å². The molecule has 0 unspecified atom stereocenters. The van der Waals surface area contributed by atoms with Crippen molar-refractivity contribution in [1.29, 1.82) is 0 Å². The third-order valence-corrected chi connectivity index (χ3v) is 13.2. The highest BCUT2D eigenvalue weighted by Gasteiger charge is 2.24. The zero-order valence-corrected chi connectivity index (χ0v) is 30.8. The number of hydrogen-bond acceptors (Lipinski definition) is 6. The number of nitrogens with zero attached hydrogens (tertiary/aromatic N) is 3. The average molecular weight is 738 g/mol. The SMILES string of the molecule is c1ccc2cc(-c3nc(-c4cccc5c4sc4ccccc45)nc(-c4c(-c5cccc6c5sc5ccccc56)ccc5oc6ccccc6c45)n3)ccc2c1.